The minimum Gasteiger partial charge on any atom is -0.495 e. The molecule has 1 aromatic heterocycles. The zero-order valence-corrected chi connectivity index (χ0v) is 11.6. The summed E-state index contributed by atoms with van der Waals surface area (Å²) in [6.07, 6.45) is 0. The van der Waals surface area contributed by atoms with Crippen molar-refractivity contribution in [3.8, 4) is 5.75 Å². The number of benzene rings is 1. The van der Waals surface area contributed by atoms with Gasteiger partial charge in [0.05, 0.1) is 12.8 Å². The second-order valence-corrected chi connectivity index (χ2v) is 4.58. The summed E-state index contributed by atoms with van der Waals surface area (Å²) in [7, 11) is 1.34. The average molecular weight is 351 g/mol. The highest BCUT2D eigenvalue weighted by Gasteiger charge is 2.21. The minimum absolute atomic E-state index is 0.129. The van der Waals surface area contributed by atoms with Crippen molar-refractivity contribution < 1.29 is 22.3 Å². The SMILES string of the molecule is COc1ccc(Br)cc1Nc1c(F)c(F)nc(F)c1F. The van der Waals surface area contributed by atoms with Gasteiger partial charge in [-0.1, -0.05) is 15.9 Å². The van der Waals surface area contributed by atoms with Gasteiger partial charge in [-0.3, -0.25) is 0 Å². The third kappa shape index (κ3) is 2.69. The van der Waals surface area contributed by atoms with E-state index in [2.05, 4.69) is 26.2 Å². The van der Waals surface area contributed by atoms with Crippen molar-refractivity contribution >= 4 is 27.3 Å². The van der Waals surface area contributed by atoms with Crippen molar-refractivity contribution in [3.05, 3.63) is 46.2 Å². The number of nitrogens with one attached hydrogen (secondary N) is 1. The molecule has 3 nitrogen and oxygen atoms in total. The molecule has 0 radical (unpaired) electrons. The number of pyridine rings is 1. The van der Waals surface area contributed by atoms with Crippen LogP contribution in [-0.4, -0.2) is 12.1 Å². The maximum absolute atomic E-state index is 13.5. The number of ether oxygens (including phenoxy) is 1. The first kappa shape index (κ1) is 14.6. The van der Waals surface area contributed by atoms with Crippen LogP contribution in [0.25, 0.3) is 0 Å². The molecule has 2 aromatic rings. The van der Waals surface area contributed by atoms with Crippen molar-refractivity contribution in [2.24, 2.45) is 0 Å². The zero-order valence-electron chi connectivity index (χ0n) is 9.98. The molecule has 1 aromatic carbocycles. The van der Waals surface area contributed by atoms with E-state index >= 15 is 0 Å². The summed E-state index contributed by atoms with van der Waals surface area (Å²) in [4.78, 5) is 2.47. The largest absolute Gasteiger partial charge is 0.495 e. The molecule has 0 aliphatic heterocycles. The highest BCUT2D eigenvalue weighted by molar-refractivity contribution is 9.10. The van der Waals surface area contributed by atoms with Gasteiger partial charge < -0.3 is 10.1 Å². The van der Waals surface area contributed by atoms with Crippen molar-refractivity contribution in [2.75, 3.05) is 12.4 Å². The van der Waals surface area contributed by atoms with Gasteiger partial charge >= 0.3 is 0 Å². The van der Waals surface area contributed by atoms with Gasteiger partial charge in [0.25, 0.3) is 11.9 Å². The van der Waals surface area contributed by atoms with Crippen molar-refractivity contribution in [1.82, 2.24) is 4.98 Å². The molecule has 0 bridgehead atoms. The molecule has 0 saturated carbocycles. The van der Waals surface area contributed by atoms with E-state index in [1.54, 1.807) is 6.07 Å². The number of methoxy groups -OCH3 is 1. The Morgan fingerprint density at radius 1 is 1.10 bits per heavy atom. The maximum atomic E-state index is 13.5. The van der Waals surface area contributed by atoms with Gasteiger partial charge in [0, 0.05) is 4.47 Å². The molecule has 0 spiro atoms. The molecule has 0 unspecified atom stereocenters. The van der Waals surface area contributed by atoms with Crippen LogP contribution in [0.15, 0.2) is 22.7 Å². The Labute approximate surface area is 119 Å². The molecule has 8 heteroatoms. The van der Waals surface area contributed by atoms with E-state index < -0.39 is 29.2 Å². The molecular formula is C12H7BrF4N2O. The Morgan fingerprint density at radius 3 is 2.25 bits per heavy atom. The fraction of sp³-hybridized carbons (Fsp3) is 0.0833. The van der Waals surface area contributed by atoms with Crippen LogP contribution >= 0.6 is 15.9 Å². The molecule has 0 fully saturated rings. The summed E-state index contributed by atoms with van der Waals surface area (Å²) < 4.78 is 58.6. The first-order valence-electron chi connectivity index (χ1n) is 5.24. The lowest BCUT2D eigenvalue weighted by molar-refractivity contribution is 0.409. The number of rotatable bonds is 3. The summed E-state index contributed by atoms with van der Waals surface area (Å²) >= 11 is 3.16. The minimum atomic E-state index is -1.74. The lowest BCUT2D eigenvalue weighted by atomic mass is 10.2. The van der Waals surface area contributed by atoms with Crippen molar-refractivity contribution in [3.63, 3.8) is 0 Å². The maximum Gasteiger partial charge on any atom is 0.253 e. The van der Waals surface area contributed by atoms with E-state index in [4.69, 9.17) is 4.74 Å². The van der Waals surface area contributed by atoms with Crippen molar-refractivity contribution in [1.29, 1.82) is 0 Å². The number of hydrogen-bond acceptors (Lipinski definition) is 3. The monoisotopic (exact) mass is 350 g/mol. The van der Waals surface area contributed by atoms with Crippen LogP contribution in [0.5, 0.6) is 5.75 Å². The summed E-state index contributed by atoms with van der Waals surface area (Å²) in [5.74, 6) is -6.47. The van der Waals surface area contributed by atoms with E-state index in [0.29, 0.717) is 4.47 Å². The molecule has 1 N–H and O–H groups in total. The second kappa shape index (κ2) is 5.66. The quantitative estimate of drug-likeness (QED) is 0.666. The lowest BCUT2D eigenvalue weighted by Gasteiger charge is -2.13. The first-order valence-corrected chi connectivity index (χ1v) is 6.04. The van der Waals surface area contributed by atoms with Crippen LogP contribution in [0.1, 0.15) is 0 Å². The van der Waals surface area contributed by atoms with E-state index in [1.807, 2.05) is 0 Å². The van der Waals surface area contributed by atoms with Gasteiger partial charge in [-0.2, -0.15) is 22.5 Å². The Hall–Kier alpha value is -1.83. The van der Waals surface area contributed by atoms with Gasteiger partial charge in [-0.25, -0.2) is 0 Å². The lowest BCUT2D eigenvalue weighted by Crippen LogP contribution is -2.06. The summed E-state index contributed by atoms with van der Waals surface area (Å²) in [6.45, 7) is 0. The van der Waals surface area contributed by atoms with Gasteiger partial charge in [0.15, 0.2) is 0 Å². The van der Waals surface area contributed by atoms with Crippen LogP contribution in [0.2, 0.25) is 0 Å². The summed E-state index contributed by atoms with van der Waals surface area (Å²) in [5.41, 5.74) is -0.851. The normalized spacial score (nSPS) is 10.5. The van der Waals surface area contributed by atoms with E-state index in [-0.39, 0.29) is 11.4 Å². The molecule has 0 aliphatic rings. The average Bonchev–Trinajstić information content (AvgIpc) is 2.41. The van der Waals surface area contributed by atoms with Crippen LogP contribution in [0, 0.1) is 23.5 Å². The Bertz CT molecular complexity index is 640. The number of aromatic nitrogens is 1. The van der Waals surface area contributed by atoms with Gasteiger partial charge in [-0.15, -0.1) is 0 Å². The van der Waals surface area contributed by atoms with Crippen LogP contribution in [-0.2, 0) is 0 Å². The molecule has 0 saturated heterocycles. The predicted octanol–water partition coefficient (Wildman–Crippen LogP) is 4.15. The Kier molecular flexibility index (Phi) is 4.12. The third-order valence-corrected chi connectivity index (χ3v) is 2.91. The Balaban J connectivity index is 2.53. The summed E-state index contributed by atoms with van der Waals surface area (Å²) in [5, 5.41) is 2.26. The zero-order chi connectivity index (χ0) is 14.9. The van der Waals surface area contributed by atoms with Gasteiger partial charge in [0.2, 0.25) is 11.6 Å². The fourth-order valence-electron chi connectivity index (χ4n) is 1.51. The highest BCUT2D eigenvalue weighted by Crippen LogP contribution is 2.33. The predicted molar refractivity (Wildman–Crippen MR) is 68.0 cm³/mol. The molecule has 20 heavy (non-hydrogen) atoms. The molecular weight excluding hydrogens is 344 g/mol. The Morgan fingerprint density at radius 2 is 1.70 bits per heavy atom. The number of nitrogens with zero attached hydrogens (tertiary/aromatic N) is 1. The molecule has 2 rings (SSSR count). The van der Waals surface area contributed by atoms with Crippen molar-refractivity contribution in [2.45, 2.75) is 0 Å². The van der Waals surface area contributed by atoms with E-state index in [0.717, 1.165) is 0 Å². The molecule has 0 amide bonds. The molecule has 1 heterocycles. The number of halogens is 5. The molecule has 0 atom stereocenters. The van der Waals surface area contributed by atoms with Crippen LogP contribution in [0.4, 0.5) is 28.9 Å². The van der Waals surface area contributed by atoms with Crippen LogP contribution < -0.4 is 10.1 Å². The molecule has 106 valence electrons. The standard InChI is InChI=1S/C12H7BrF4N2O/c1-20-7-3-2-5(13)4-6(7)18-10-8(14)11(16)19-12(17)9(10)15/h2-4H,1H3,(H,18,19). The first-order chi connectivity index (χ1) is 9.43. The highest BCUT2D eigenvalue weighted by atomic mass is 79.9. The van der Waals surface area contributed by atoms with Gasteiger partial charge in [0.1, 0.15) is 11.4 Å². The smallest absolute Gasteiger partial charge is 0.253 e. The van der Waals surface area contributed by atoms with E-state index in [9.17, 15) is 17.6 Å². The fourth-order valence-corrected chi connectivity index (χ4v) is 1.87. The molecule has 0 aliphatic carbocycles. The number of anilines is 2. The van der Waals surface area contributed by atoms with Crippen LogP contribution in [0.3, 0.4) is 0 Å². The second-order valence-electron chi connectivity index (χ2n) is 3.67. The van der Waals surface area contributed by atoms with Gasteiger partial charge in [-0.05, 0) is 18.2 Å². The summed E-state index contributed by atoms with van der Waals surface area (Å²) in [6, 6.07) is 4.58. The topological polar surface area (TPSA) is 34.1 Å². The number of hydrogen-bond donors (Lipinski definition) is 1. The third-order valence-electron chi connectivity index (χ3n) is 2.42. The van der Waals surface area contributed by atoms with E-state index in [1.165, 1.54) is 19.2 Å².